The minimum atomic E-state index is -4.47. The molecule has 6 nitrogen and oxygen atoms in total. The van der Waals surface area contributed by atoms with Crippen molar-refractivity contribution in [2.75, 3.05) is 0 Å². The lowest BCUT2D eigenvalue weighted by Gasteiger charge is -2.38. The van der Waals surface area contributed by atoms with Crippen molar-refractivity contribution in [3.05, 3.63) is 44.5 Å². The van der Waals surface area contributed by atoms with Gasteiger partial charge in [-0.25, -0.2) is 0 Å². The Morgan fingerprint density at radius 3 is 1.05 bits per heavy atom. The van der Waals surface area contributed by atoms with Crippen LogP contribution in [-0.2, 0) is 23.2 Å². The Labute approximate surface area is 401 Å². The van der Waals surface area contributed by atoms with Gasteiger partial charge in [0.2, 0.25) is 0 Å². The van der Waals surface area contributed by atoms with Crippen LogP contribution in [0, 0.1) is 77.0 Å². The van der Waals surface area contributed by atoms with E-state index in [1.165, 1.54) is 89.9 Å². The first-order valence-corrected chi connectivity index (χ1v) is 28.0. The Bertz CT molecular complexity index is 1800. The minimum absolute atomic E-state index is 0.247. The third kappa shape index (κ3) is 16.4. The van der Waals surface area contributed by atoms with Gasteiger partial charge in [0.05, 0.1) is 0 Å². The Morgan fingerprint density at radius 2 is 0.738 bits per heavy atom. The summed E-state index contributed by atoms with van der Waals surface area (Å²) in [4.78, 5) is 0. The molecular formula is C58H98O6S. The molecule has 0 fully saturated rings. The van der Waals surface area contributed by atoms with Gasteiger partial charge in [-0.2, -0.15) is 0 Å². The highest BCUT2D eigenvalue weighted by Gasteiger charge is 2.38. The first-order chi connectivity index (χ1) is 30.4. The van der Waals surface area contributed by atoms with E-state index in [2.05, 4.69) is 69.2 Å². The Hall–Kier alpha value is -2.41. The predicted molar refractivity (Wildman–Crippen MR) is 276 cm³/mol. The third-order valence-corrected chi connectivity index (χ3v) is 16.8. The molecule has 0 saturated heterocycles. The van der Waals surface area contributed by atoms with Crippen LogP contribution in [0.4, 0.5) is 0 Å². The molecule has 0 spiro atoms. The molecule has 2 aromatic carbocycles. The van der Waals surface area contributed by atoms with E-state index in [0.29, 0.717) is 11.5 Å². The molecule has 2 aliphatic rings. The van der Waals surface area contributed by atoms with E-state index in [0.717, 1.165) is 143 Å². The van der Waals surface area contributed by atoms with E-state index in [4.69, 9.17) is 17.8 Å². The van der Waals surface area contributed by atoms with Crippen molar-refractivity contribution < 1.29 is 26.3 Å². The summed E-state index contributed by atoms with van der Waals surface area (Å²) in [5.74, 6) is 7.21. The van der Waals surface area contributed by atoms with Crippen LogP contribution < -0.4 is 17.8 Å². The van der Waals surface area contributed by atoms with Gasteiger partial charge < -0.3 is 17.8 Å². The number of rotatable bonds is 28. The quantitative estimate of drug-likeness (QED) is 0.0847. The number of hydrogen-bond acceptors (Lipinski definition) is 6. The lowest BCUT2D eigenvalue weighted by atomic mass is 9.84. The van der Waals surface area contributed by atoms with Crippen molar-refractivity contribution in [2.24, 2.45) is 35.5 Å². The first-order valence-electron chi connectivity index (χ1n) is 26.7. The standard InChI is InChI=1S/C58H98O6S/c1-39(2)23-17-25-41(5)27-19-29-43(7)31-21-35-57(15)37-33-51-49(13)53(45(9)47(11)55(51)61-57)63-65(59,60)64-54-46(10)48(12)56-52(50(54)14)34-38-58(16,62-56)36-22-32-44(8)30-20-28-42(6)26-18-24-40(3)4/h39-44H,17-38H2,1-16H3/t41-,42-,43-,44-,57-,58-/m1/s1. The zero-order valence-corrected chi connectivity index (χ0v) is 45.7. The van der Waals surface area contributed by atoms with Crippen LogP contribution in [-0.4, -0.2) is 19.6 Å². The van der Waals surface area contributed by atoms with Crippen LogP contribution in [0.15, 0.2) is 0 Å². The molecule has 372 valence electrons. The SMILES string of the molecule is Cc1c(C)c2c(c(C)c1OS(=O)(=O)Oc1c(C)c(C)c3c(c1C)CC[C@@](C)(CCC[C@H](C)CCC[C@H](C)CCCC(C)C)O3)CC[C@@](C)(CCC[C@H](C)CCC[C@H](C)CCCC(C)C)O2. The van der Waals surface area contributed by atoms with Gasteiger partial charge in [0.15, 0.2) is 11.5 Å². The van der Waals surface area contributed by atoms with E-state index in [1.54, 1.807) is 0 Å². The van der Waals surface area contributed by atoms with Crippen molar-refractivity contribution in [2.45, 2.75) is 263 Å². The summed E-state index contributed by atoms with van der Waals surface area (Å²) in [5.41, 5.74) is 6.60. The highest BCUT2D eigenvalue weighted by molar-refractivity contribution is 7.82. The summed E-state index contributed by atoms with van der Waals surface area (Å²) >= 11 is 0. The largest absolute Gasteiger partial charge is 0.501 e. The summed E-state index contributed by atoms with van der Waals surface area (Å²) in [5, 5.41) is 0. The normalized spacial score (nSPS) is 20.5. The summed E-state index contributed by atoms with van der Waals surface area (Å²) in [6, 6.07) is 0. The molecule has 0 saturated carbocycles. The Morgan fingerprint density at radius 1 is 0.446 bits per heavy atom. The van der Waals surface area contributed by atoms with Gasteiger partial charge in [0, 0.05) is 22.3 Å². The fraction of sp³-hybridized carbons (Fsp3) is 0.793. The number of hydrogen-bond donors (Lipinski definition) is 0. The highest BCUT2D eigenvalue weighted by Crippen LogP contribution is 2.48. The number of fused-ring (bicyclic) bond motifs is 2. The minimum Gasteiger partial charge on any atom is -0.487 e. The number of benzene rings is 2. The maximum absolute atomic E-state index is 13.9. The van der Waals surface area contributed by atoms with Gasteiger partial charge in [-0.15, -0.1) is 8.42 Å². The molecule has 2 heterocycles. The summed E-state index contributed by atoms with van der Waals surface area (Å²) in [7, 11) is -4.47. The van der Waals surface area contributed by atoms with E-state index >= 15 is 0 Å². The first kappa shape index (κ1) is 55.2. The lowest BCUT2D eigenvalue weighted by Crippen LogP contribution is -2.37. The van der Waals surface area contributed by atoms with Crippen LogP contribution in [0.25, 0.3) is 0 Å². The monoisotopic (exact) mass is 923 g/mol. The highest BCUT2D eigenvalue weighted by atomic mass is 32.3. The zero-order chi connectivity index (χ0) is 48.3. The van der Waals surface area contributed by atoms with Gasteiger partial charge in [-0.05, 0) is 165 Å². The second-order valence-electron chi connectivity index (χ2n) is 23.4. The van der Waals surface area contributed by atoms with Crippen LogP contribution >= 0.6 is 0 Å². The molecule has 0 aromatic heterocycles. The molecule has 0 radical (unpaired) electrons. The van der Waals surface area contributed by atoms with Crippen molar-refractivity contribution in [3.63, 3.8) is 0 Å². The van der Waals surface area contributed by atoms with E-state index in [-0.39, 0.29) is 11.2 Å². The van der Waals surface area contributed by atoms with Crippen LogP contribution in [0.3, 0.4) is 0 Å². The molecule has 0 bridgehead atoms. The molecule has 7 heteroatoms. The van der Waals surface area contributed by atoms with Gasteiger partial charge in [-0.3, -0.25) is 0 Å². The topological polar surface area (TPSA) is 71.1 Å². The van der Waals surface area contributed by atoms with Crippen molar-refractivity contribution >= 4 is 10.4 Å². The Balaban J connectivity index is 1.32. The molecule has 0 aliphatic carbocycles. The molecular weight excluding hydrogens is 825 g/mol. The maximum atomic E-state index is 13.9. The van der Waals surface area contributed by atoms with Crippen LogP contribution in [0.1, 0.15) is 242 Å². The maximum Gasteiger partial charge on any atom is 0.501 e. The molecule has 0 N–H and O–H groups in total. The molecule has 4 rings (SSSR count). The smallest absolute Gasteiger partial charge is 0.487 e. The molecule has 0 unspecified atom stereocenters. The average molecular weight is 923 g/mol. The van der Waals surface area contributed by atoms with Crippen LogP contribution in [0.2, 0.25) is 0 Å². The third-order valence-electron chi connectivity index (χ3n) is 16.0. The Kier molecular flexibility index (Phi) is 21.0. The lowest BCUT2D eigenvalue weighted by molar-refractivity contribution is 0.0509. The average Bonchev–Trinajstić information content (AvgIpc) is 3.22. The van der Waals surface area contributed by atoms with E-state index in [1.807, 2.05) is 41.5 Å². The number of ether oxygens (including phenoxy) is 2. The van der Waals surface area contributed by atoms with Gasteiger partial charge in [0.25, 0.3) is 0 Å². The fourth-order valence-electron chi connectivity index (χ4n) is 11.0. The second-order valence-corrected chi connectivity index (χ2v) is 24.6. The van der Waals surface area contributed by atoms with Gasteiger partial charge in [0.1, 0.15) is 22.7 Å². The second kappa shape index (κ2) is 24.7. The molecule has 2 aromatic rings. The van der Waals surface area contributed by atoms with E-state index < -0.39 is 10.4 Å². The summed E-state index contributed by atoms with van der Waals surface area (Å²) < 4.78 is 53.5. The fourth-order valence-corrected chi connectivity index (χ4v) is 11.9. The molecule has 0 amide bonds. The van der Waals surface area contributed by atoms with Gasteiger partial charge in [-0.1, -0.05) is 145 Å². The molecule has 6 atom stereocenters. The predicted octanol–water partition coefficient (Wildman–Crippen LogP) is 17.3. The van der Waals surface area contributed by atoms with Crippen LogP contribution in [0.5, 0.6) is 23.0 Å². The summed E-state index contributed by atoms with van der Waals surface area (Å²) in [6.07, 6.45) is 26.3. The van der Waals surface area contributed by atoms with Crippen molar-refractivity contribution in [3.8, 4) is 23.0 Å². The molecule has 65 heavy (non-hydrogen) atoms. The van der Waals surface area contributed by atoms with Crippen molar-refractivity contribution in [1.82, 2.24) is 0 Å². The van der Waals surface area contributed by atoms with Crippen molar-refractivity contribution in [1.29, 1.82) is 0 Å². The van der Waals surface area contributed by atoms with E-state index in [9.17, 15) is 8.42 Å². The summed E-state index contributed by atoms with van der Waals surface area (Å²) in [6.45, 7) is 35.3. The van der Waals surface area contributed by atoms with Gasteiger partial charge >= 0.3 is 10.4 Å². The zero-order valence-electron chi connectivity index (χ0n) is 44.9. The molecule has 2 aliphatic heterocycles.